The number of esters is 1. The molecule has 0 bridgehead atoms. The lowest BCUT2D eigenvalue weighted by Crippen LogP contribution is -2.35. The van der Waals surface area contributed by atoms with Crippen molar-refractivity contribution in [2.75, 3.05) is 13.7 Å². The number of amides is 1. The Balaban J connectivity index is 0.0000144. The summed E-state index contributed by atoms with van der Waals surface area (Å²) in [7, 11) is 1.67. The van der Waals surface area contributed by atoms with Crippen LogP contribution < -0.4 is 5.73 Å². The Hall–Kier alpha value is -1.81. The van der Waals surface area contributed by atoms with Gasteiger partial charge in [-0.25, -0.2) is 0 Å². The summed E-state index contributed by atoms with van der Waals surface area (Å²) in [5.74, 6) is -0.838. The zero-order valence-electron chi connectivity index (χ0n) is 24.4. The third-order valence-corrected chi connectivity index (χ3v) is 6.76. The number of rotatable bonds is 13. The van der Waals surface area contributed by atoms with Crippen molar-refractivity contribution in [2.24, 2.45) is 16.6 Å². The minimum Gasteiger partial charge on any atom is -0.464 e. The van der Waals surface area contributed by atoms with E-state index in [1.807, 2.05) is 27.7 Å². The Morgan fingerprint density at radius 2 is 1.54 bits per heavy atom. The number of hydrogen-bond donors (Lipinski definition) is 3. The monoisotopic (exact) mass is 600 g/mol. The van der Waals surface area contributed by atoms with Crippen molar-refractivity contribution in [3.05, 3.63) is 46.2 Å². The Kier molecular flexibility index (Phi) is 15.1. The maximum atomic E-state index is 13.2. The van der Waals surface area contributed by atoms with Gasteiger partial charge in [0.25, 0.3) is 0 Å². The van der Waals surface area contributed by atoms with E-state index >= 15 is 0 Å². The van der Waals surface area contributed by atoms with Crippen molar-refractivity contribution < 1.29 is 23.9 Å². The quantitative estimate of drug-likeness (QED) is 0.0882. The highest BCUT2D eigenvalue weighted by atomic mass is 35.5. The molecule has 1 atom stereocenters. The van der Waals surface area contributed by atoms with Gasteiger partial charge >= 0.3 is 5.97 Å². The highest BCUT2D eigenvalue weighted by Gasteiger charge is 2.31. The number of nitrogens with zero attached hydrogens (tertiary/aromatic N) is 1. The lowest BCUT2D eigenvalue weighted by atomic mass is 9.79. The number of carbonyl (C=O) groups is 4. The van der Waals surface area contributed by atoms with E-state index < -0.39 is 22.8 Å². The predicted molar refractivity (Wildman–Crippen MR) is 166 cm³/mol. The average Bonchev–Trinajstić information content (AvgIpc) is 2.82. The molecule has 0 radical (unpaired) electrons. The molecule has 0 saturated heterocycles. The molecular formula is C29H45ClN2O5S2. The smallest absolute Gasteiger partial charge is 0.323 e. The van der Waals surface area contributed by atoms with Gasteiger partial charge in [-0.2, -0.15) is 25.3 Å². The first-order chi connectivity index (χ1) is 17.4. The largest absolute Gasteiger partial charge is 0.464 e. The van der Waals surface area contributed by atoms with Gasteiger partial charge < -0.3 is 15.4 Å². The first-order valence-corrected chi connectivity index (χ1v) is 13.8. The number of benzene rings is 1. The molecule has 1 amide bonds. The van der Waals surface area contributed by atoms with E-state index in [9.17, 15) is 19.2 Å². The van der Waals surface area contributed by atoms with Crippen LogP contribution in [-0.4, -0.2) is 53.1 Å². The van der Waals surface area contributed by atoms with E-state index in [1.165, 1.54) is 4.90 Å². The molecule has 10 heteroatoms. The third-order valence-electron chi connectivity index (χ3n) is 6.25. The van der Waals surface area contributed by atoms with Crippen LogP contribution in [0.1, 0.15) is 94.0 Å². The maximum Gasteiger partial charge on any atom is 0.323 e. The molecule has 7 nitrogen and oxygen atoms in total. The van der Waals surface area contributed by atoms with Crippen LogP contribution in [0.3, 0.4) is 0 Å². The molecule has 0 fully saturated rings. The Morgan fingerprint density at radius 1 is 1.00 bits per heavy atom. The van der Waals surface area contributed by atoms with Crippen molar-refractivity contribution in [3.8, 4) is 0 Å². The van der Waals surface area contributed by atoms with E-state index in [0.717, 1.165) is 17.7 Å². The van der Waals surface area contributed by atoms with Crippen molar-refractivity contribution in [3.63, 3.8) is 0 Å². The molecule has 0 aliphatic heterocycles. The van der Waals surface area contributed by atoms with Crippen LogP contribution >= 0.6 is 37.7 Å². The summed E-state index contributed by atoms with van der Waals surface area (Å²) in [4.78, 5) is 51.6. The molecule has 0 aromatic heterocycles. The average molecular weight is 601 g/mol. The van der Waals surface area contributed by atoms with Crippen LogP contribution in [-0.2, 0) is 20.7 Å². The summed E-state index contributed by atoms with van der Waals surface area (Å²) in [6.07, 6.45) is 2.70. The zero-order chi connectivity index (χ0) is 29.4. The summed E-state index contributed by atoms with van der Waals surface area (Å²) in [5, 5.41) is 0. The van der Waals surface area contributed by atoms with E-state index in [-0.39, 0.29) is 41.6 Å². The number of ketones is 2. The normalized spacial score (nSPS) is 13.2. The van der Waals surface area contributed by atoms with Gasteiger partial charge in [0.15, 0.2) is 11.6 Å². The molecule has 0 heterocycles. The fraction of sp³-hybridized carbons (Fsp3) is 0.586. The van der Waals surface area contributed by atoms with E-state index in [1.54, 1.807) is 46.0 Å². The van der Waals surface area contributed by atoms with Crippen molar-refractivity contribution >= 4 is 61.6 Å². The van der Waals surface area contributed by atoms with Gasteiger partial charge in [0.2, 0.25) is 6.41 Å². The van der Waals surface area contributed by atoms with Crippen LogP contribution in [0.25, 0.3) is 0 Å². The number of nitrogens with two attached hydrogens (primary N) is 1. The first kappa shape index (κ1) is 37.2. The number of allylic oxidation sites excluding steroid dienone is 1. The van der Waals surface area contributed by atoms with Crippen LogP contribution in [0.15, 0.2) is 29.5 Å². The number of ether oxygens (including phenoxy) is 1. The molecule has 0 saturated carbocycles. The van der Waals surface area contributed by atoms with Crippen LogP contribution in [0.5, 0.6) is 0 Å². The van der Waals surface area contributed by atoms with E-state index in [0.29, 0.717) is 36.0 Å². The van der Waals surface area contributed by atoms with Gasteiger partial charge in [0.1, 0.15) is 6.04 Å². The fourth-order valence-electron chi connectivity index (χ4n) is 3.75. The minimum absolute atomic E-state index is 0. The lowest BCUT2D eigenvalue weighted by Gasteiger charge is -2.23. The molecule has 1 unspecified atom stereocenters. The van der Waals surface area contributed by atoms with Gasteiger partial charge in [-0.1, -0.05) is 53.7 Å². The van der Waals surface area contributed by atoms with Gasteiger partial charge in [0, 0.05) is 45.7 Å². The highest BCUT2D eigenvalue weighted by molar-refractivity contribution is 7.99. The van der Waals surface area contributed by atoms with E-state index in [2.05, 4.69) is 25.3 Å². The molecule has 1 aromatic rings. The molecule has 2 N–H and O–H groups in total. The fourth-order valence-corrected chi connectivity index (χ4v) is 4.01. The summed E-state index contributed by atoms with van der Waals surface area (Å²) in [6, 6.07) is 4.11. The Morgan fingerprint density at radius 3 is 2.03 bits per heavy atom. The number of thiol groups is 2. The SMILES string of the molecule is CC(=C(CCOC(=O)C(N)Cc1ccc(C(=O)C(C)(C)C)c(C(=O)C(C)(C)C)c1)CCC(S)S)N(C)C=O.Cl. The van der Waals surface area contributed by atoms with Crippen molar-refractivity contribution in [1.29, 1.82) is 0 Å². The molecular weight excluding hydrogens is 556 g/mol. The second kappa shape index (κ2) is 15.8. The van der Waals surface area contributed by atoms with Gasteiger partial charge in [0.05, 0.1) is 6.61 Å². The summed E-state index contributed by atoms with van der Waals surface area (Å²) >= 11 is 8.59. The summed E-state index contributed by atoms with van der Waals surface area (Å²) < 4.78 is 5.35. The lowest BCUT2D eigenvalue weighted by molar-refractivity contribution is -0.145. The minimum atomic E-state index is -0.942. The summed E-state index contributed by atoms with van der Waals surface area (Å²) in [6.45, 7) is 12.8. The second-order valence-electron chi connectivity index (χ2n) is 11.7. The molecule has 1 aromatic carbocycles. The predicted octanol–water partition coefficient (Wildman–Crippen LogP) is 5.70. The standard InChI is InChI=1S/C29H44N2O5S2.ClH/c1-18(31(8)17-32)20(10-12-24(37)38)13-14-36-27(35)23(30)16-19-9-11-21(25(33)28(2,3)4)22(15-19)26(34)29(5,6)7;/h9,11,15,17,23-24,37-38H,10,12-14,16,30H2,1-8H3;1H. The van der Waals surface area contributed by atoms with Gasteiger partial charge in [-0.15, -0.1) is 12.4 Å². The highest BCUT2D eigenvalue weighted by Crippen LogP contribution is 2.29. The molecule has 39 heavy (non-hydrogen) atoms. The number of hydrogen-bond acceptors (Lipinski definition) is 8. The Labute approximate surface area is 250 Å². The zero-order valence-corrected chi connectivity index (χ0v) is 27.0. The van der Waals surface area contributed by atoms with Crippen molar-refractivity contribution in [2.45, 2.75) is 84.8 Å². The molecule has 0 aliphatic carbocycles. The molecule has 0 aliphatic rings. The number of carbonyl (C=O) groups excluding carboxylic acids is 4. The second-order valence-corrected chi connectivity index (χ2v) is 13.3. The van der Waals surface area contributed by atoms with Gasteiger partial charge in [-0.05, 0) is 43.4 Å². The van der Waals surface area contributed by atoms with Crippen LogP contribution in [0.4, 0.5) is 0 Å². The number of halogens is 1. The molecule has 220 valence electrons. The van der Waals surface area contributed by atoms with E-state index in [4.69, 9.17) is 10.5 Å². The van der Waals surface area contributed by atoms with Crippen LogP contribution in [0, 0.1) is 10.8 Å². The van der Waals surface area contributed by atoms with Gasteiger partial charge in [-0.3, -0.25) is 19.2 Å². The number of Topliss-reactive ketones (excluding diaryl/α,β-unsaturated/α-hetero) is 2. The molecule has 0 spiro atoms. The van der Waals surface area contributed by atoms with Crippen molar-refractivity contribution in [1.82, 2.24) is 4.90 Å². The topological polar surface area (TPSA) is 107 Å². The Bertz CT molecular complexity index is 1060. The maximum absolute atomic E-state index is 13.2. The first-order valence-electron chi connectivity index (χ1n) is 12.8. The third kappa shape index (κ3) is 11.7. The molecule has 1 rings (SSSR count). The summed E-state index contributed by atoms with van der Waals surface area (Å²) in [5.41, 5.74) is 7.97. The van der Waals surface area contributed by atoms with Crippen LogP contribution in [0.2, 0.25) is 0 Å².